The van der Waals surface area contributed by atoms with Gasteiger partial charge in [-0.15, -0.1) is 0 Å². The summed E-state index contributed by atoms with van der Waals surface area (Å²) in [6, 6.07) is -0.993. The molecule has 0 unspecified atom stereocenters. The number of amides is 1. The van der Waals surface area contributed by atoms with Crippen molar-refractivity contribution in [2.24, 2.45) is 0 Å². The lowest BCUT2D eigenvalue weighted by Crippen LogP contribution is -2.60. The predicted molar refractivity (Wildman–Crippen MR) is 277 cm³/mol. The summed E-state index contributed by atoms with van der Waals surface area (Å²) >= 11 is 0. The highest BCUT2D eigenvalue weighted by atomic mass is 16.7. The van der Waals surface area contributed by atoms with Gasteiger partial charge in [-0.3, -0.25) is 4.79 Å². The topological polar surface area (TPSA) is 172 Å². The van der Waals surface area contributed by atoms with E-state index in [9.17, 15) is 35.4 Å². The lowest BCUT2D eigenvalue weighted by molar-refractivity contribution is -0.303. The third-order valence-corrected chi connectivity index (χ3v) is 14.3. The van der Waals surface area contributed by atoms with E-state index in [0.29, 0.717) is 6.42 Å². The SMILES string of the molecule is CCCCCCCCCCCCCC[C@@H](O)[C@@H](O)[C@H](CO[C@H]1O[C@H](CO)[C@H](O)[C@H](O)[C@H]1O)NC(=O)CCCCCCCCCN(CCCCCCCCCCC)CCCCCCCCCCC. The number of hydrogen-bond donors (Lipinski definition) is 7. The number of hydrogen-bond acceptors (Lipinski definition) is 10. The third kappa shape index (κ3) is 35.0. The van der Waals surface area contributed by atoms with Crippen LogP contribution in [0, 0.1) is 0 Å². The van der Waals surface area contributed by atoms with Crippen LogP contribution in [0.3, 0.4) is 0 Å². The molecule has 0 radical (unpaired) electrons. The van der Waals surface area contributed by atoms with Crippen molar-refractivity contribution in [1.82, 2.24) is 10.2 Å². The van der Waals surface area contributed by atoms with Gasteiger partial charge in [-0.05, 0) is 51.7 Å². The first-order valence-corrected chi connectivity index (χ1v) is 29.0. The normalized spacial score (nSPS) is 20.1. The van der Waals surface area contributed by atoms with Crippen molar-refractivity contribution in [2.75, 3.05) is 32.8 Å². The van der Waals surface area contributed by atoms with E-state index in [2.05, 4.69) is 31.0 Å². The number of ether oxygens (including phenoxy) is 2. The molecule has 11 nitrogen and oxygen atoms in total. The number of unbranched alkanes of at least 4 members (excludes halogenated alkanes) is 33. The lowest BCUT2D eigenvalue weighted by Gasteiger charge is -2.40. The van der Waals surface area contributed by atoms with Gasteiger partial charge in [0, 0.05) is 6.42 Å². The molecule has 0 aromatic rings. The quantitative estimate of drug-likeness (QED) is 0.0291. The van der Waals surface area contributed by atoms with Crippen LogP contribution >= 0.6 is 0 Å². The maximum absolute atomic E-state index is 13.2. The molecule has 1 aliphatic rings. The van der Waals surface area contributed by atoms with E-state index in [1.807, 2.05) is 0 Å². The maximum atomic E-state index is 13.2. The Hall–Kier alpha value is -0.890. The molecule has 0 spiro atoms. The first kappa shape index (κ1) is 64.1. The minimum absolute atomic E-state index is 0.252. The van der Waals surface area contributed by atoms with E-state index in [0.717, 1.165) is 51.4 Å². The van der Waals surface area contributed by atoms with E-state index in [-0.39, 0.29) is 18.9 Å². The van der Waals surface area contributed by atoms with Crippen LogP contribution < -0.4 is 5.32 Å². The molecule has 400 valence electrons. The molecule has 7 N–H and O–H groups in total. The van der Waals surface area contributed by atoms with Crippen molar-refractivity contribution in [1.29, 1.82) is 0 Å². The number of carbonyl (C=O) groups excluding carboxylic acids is 1. The number of nitrogens with zero attached hydrogens (tertiary/aromatic N) is 1. The summed E-state index contributed by atoms with van der Waals surface area (Å²) in [5.74, 6) is -0.252. The zero-order valence-corrected chi connectivity index (χ0v) is 44.1. The van der Waals surface area contributed by atoms with E-state index in [4.69, 9.17) is 9.47 Å². The Morgan fingerprint density at radius 3 is 1.25 bits per heavy atom. The van der Waals surface area contributed by atoms with Gasteiger partial charge in [0.05, 0.1) is 25.4 Å². The zero-order valence-electron chi connectivity index (χ0n) is 44.1. The number of aliphatic hydroxyl groups excluding tert-OH is 6. The summed E-state index contributed by atoms with van der Waals surface area (Å²) in [6.45, 7) is 9.60. The van der Waals surface area contributed by atoms with Crippen molar-refractivity contribution in [3.05, 3.63) is 0 Å². The van der Waals surface area contributed by atoms with Gasteiger partial charge < -0.3 is 50.3 Å². The van der Waals surface area contributed by atoms with Gasteiger partial charge in [0.1, 0.15) is 30.5 Å². The van der Waals surface area contributed by atoms with E-state index in [1.54, 1.807) is 0 Å². The molecule has 0 saturated carbocycles. The van der Waals surface area contributed by atoms with Gasteiger partial charge in [0.15, 0.2) is 6.29 Å². The monoisotopic (exact) mass is 957 g/mol. The Morgan fingerprint density at radius 2 is 0.866 bits per heavy atom. The molecule has 1 heterocycles. The van der Waals surface area contributed by atoms with Gasteiger partial charge in [0.25, 0.3) is 0 Å². The second kappa shape index (κ2) is 46.2. The van der Waals surface area contributed by atoms with Crippen LogP contribution in [0.2, 0.25) is 0 Å². The number of nitrogens with one attached hydrogen (secondary N) is 1. The van der Waals surface area contributed by atoms with Crippen LogP contribution in [-0.4, -0.2) is 123 Å². The third-order valence-electron chi connectivity index (χ3n) is 14.3. The summed E-state index contributed by atoms with van der Waals surface area (Å²) < 4.78 is 11.3. The Morgan fingerprint density at radius 1 is 0.507 bits per heavy atom. The molecule has 67 heavy (non-hydrogen) atoms. The average Bonchev–Trinajstić information content (AvgIpc) is 3.33. The summed E-state index contributed by atoms with van der Waals surface area (Å²) in [7, 11) is 0. The molecule has 0 bridgehead atoms. The predicted octanol–water partition coefficient (Wildman–Crippen LogP) is 11.6. The second-order valence-electron chi connectivity index (χ2n) is 20.7. The lowest BCUT2D eigenvalue weighted by atomic mass is 9.98. The van der Waals surface area contributed by atoms with E-state index < -0.39 is 55.6 Å². The molecule has 1 saturated heterocycles. The number of rotatable bonds is 50. The molecule has 0 aromatic carbocycles. The molecule has 1 aliphatic heterocycles. The van der Waals surface area contributed by atoms with Crippen LogP contribution in [0.1, 0.15) is 271 Å². The molecule has 8 atom stereocenters. The number of aliphatic hydroxyl groups is 6. The largest absolute Gasteiger partial charge is 0.394 e. The highest BCUT2D eigenvalue weighted by Gasteiger charge is 2.44. The van der Waals surface area contributed by atoms with Crippen molar-refractivity contribution >= 4 is 5.91 Å². The summed E-state index contributed by atoms with van der Waals surface area (Å²) in [6.07, 6.45) is 37.6. The Labute approximate surface area is 412 Å². The fourth-order valence-corrected chi connectivity index (χ4v) is 9.67. The average molecular weight is 958 g/mol. The fourth-order valence-electron chi connectivity index (χ4n) is 9.67. The minimum atomic E-state index is -1.61. The molecule has 1 rings (SSSR count). The fraction of sp³-hybridized carbons (Fsp3) is 0.982. The van der Waals surface area contributed by atoms with Crippen LogP contribution in [0.5, 0.6) is 0 Å². The molecular formula is C56H112N2O9. The first-order valence-electron chi connectivity index (χ1n) is 29.0. The van der Waals surface area contributed by atoms with Gasteiger partial charge in [-0.2, -0.15) is 0 Å². The van der Waals surface area contributed by atoms with Gasteiger partial charge >= 0.3 is 0 Å². The van der Waals surface area contributed by atoms with Crippen molar-refractivity contribution < 1.29 is 44.9 Å². The van der Waals surface area contributed by atoms with Crippen LogP contribution in [0.25, 0.3) is 0 Å². The summed E-state index contributed by atoms with van der Waals surface area (Å²) in [5, 5.41) is 65.7. The highest BCUT2D eigenvalue weighted by molar-refractivity contribution is 5.76. The van der Waals surface area contributed by atoms with Crippen LogP contribution in [-0.2, 0) is 14.3 Å². The van der Waals surface area contributed by atoms with Crippen LogP contribution in [0.4, 0.5) is 0 Å². The molecule has 1 amide bonds. The minimum Gasteiger partial charge on any atom is -0.394 e. The molecular weight excluding hydrogens is 845 g/mol. The summed E-state index contributed by atoms with van der Waals surface area (Å²) in [5.41, 5.74) is 0. The standard InChI is InChI=1S/C56H112N2O9/c1-4-7-10-13-16-19-20-21-22-26-31-36-41-49(60)52(62)48(47-66-56-55(65)54(64)53(63)50(46-59)67-56)57-51(61)42-37-32-27-25-30-35-40-45-58(43-38-33-28-23-17-14-11-8-5-2)44-39-34-29-24-18-15-12-9-6-3/h48-50,52-56,59-60,62-65H,4-47H2,1-3H3,(H,57,61)/t48-,49+,50+,52-,53-,54-,55+,56-/m0/s1. The van der Waals surface area contributed by atoms with Crippen molar-refractivity contribution in [3.63, 3.8) is 0 Å². The Bertz CT molecular complexity index is 1030. The molecule has 1 fully saturated rings. The Balaban J connectivity index is 2.49. The number of carbonyl (C=O) groups is 1. The van der Waals surface area contributed by atoms with Crippen molar-refractivity contribution in [2.45, 2.75) is 320 Å². The smallest absolute Gasteiger partial charge is 0.220 e. The summed E-state index contributed by atoms with van der Waals surface area (Å²) in [4.78, 5) is 15.9. The first-order chi connectivity index (χ1) is 32.7. The van der Waals surface area contributed by atoms with Crippen molar-refractivity contribution in [3.8, 4) is 0 Å². The Kier molecular flexibility index (Phi) is 44.2. The van der Waals surface area contributed by atoms with E-state index >= 15 is 0 Å². The highest BCUT2D eigenvalue weighted by Crippen LogP contribution is 2.23. The molecule has 11 heteroatoms. The van der Waals surface area contributed by atoms with E-state index in [1.165, 1.54) is 206 Å². The van der Waals surface area contributed by atoms with Gasteiger partial charge in [-0.25, -0.2) is 0 Å². The maximum Gasteiger partial charge on any atom is 0.220 e. The second-order valence-corrected chi connectivity index (χ2v) is 20.7. The van der Waals surface area contributed by atoms with Gasteiger partial charge in [0.2, 0.25) is 5.91 Å². The molecule has 0 aliphatic carbocycles. The van der Waals surface area contributed by atoms with Crippen LogP contribution in [0.15, 0.2) is 0 Å². The zero-order chi connectivity index (χ0) is 49.0. The molecule has 0 aromatic heterocycles. The van der Waals surface area contributed by atoms with Gasteiger partial charge in [-0.1, -0.05) is 233 Å².